The van der Waals surface area contributed by atoms with Crippen molar-refractivity contribution < 1.29 is 14.6 Å². The van der Waals surface area contributed by atoms with Crippen molar-refractivity contribution in [2.75, 3.05) is 31.6 Å². The molecular weight excluding hydrogens is 440 g/mol. The van der Waals surface area contributed by atoms with Gasteiger partial charge in [-0.3, -0.25) is 14.4 Å². The molecule has 4 aromatic rings. The maximum absolute atomic E-state index is 12.9. The summed E-state index contributed by atoms with van der Waals surface area (Å²) in [6.07, 6.45) is -0.850. The van der Waals surface area contributed by atoms with E-state index >= 15 is 0 Å². The Hall–Kier alpha value is -3.94. The third-order valence-corrected chi connectivity index (χ3v) is 6.29. The van der Waals surface area contributed by atoms with Gasteiger partial charge in [-0.2, -0.15) is 5.10 Å². The first-order valence-electron chi connectivity index (χ1n) is 11.7. The van der Waals surface area contributed by atoms with E-state index < -0.39 is 6.23 Å². The number of carbonyl (C=O) groups is 1. The van der Waals surface area contributed by atoms with Crippen molar-refractivity contribution >= 4 is 11.6 Å². The second-order valence-electron chi connectivity index (χ2n) is 8.53. The zero-order valence-electron chi connectivity index (χ0n) is 19.6. The highest BCUT2D eigenvalue weighted by Gasteiger charge is 2.29. The van der Waals surface area contributed by atoms with Crippen molar-refractivity contribution in [1.82, 2.24) is 14.7 Å². The Morgan fingerprint density at radius 2 is 1.63 bits per heavy atom. The Balaban J connectivity index is 1.34. The zero-order chi connectivity index (χ0) is 24.2. The van der Waals surface area contributed by atoms with E-state index in [0.29, 0.717) is 18.8 Å². The van der Waals surface area contributed by atoms with Gasteiger partial charge in [0.2, 0.25) is 5.91 Å². The molecule has 0 aliphatic carbocycles. The van der Waals surface area contributed by atoms with Crippen LogP contribution in [-0.2, 0) is 11.3 Å². The fourth-order valence-corrected chi connectivity index (χ4v) is 4.41. The first-order valence-corrected chi connectivity index (χ1v) is 11.7. The molecule has 1 aliphatic heterocycles. The highest BCUT2D eigenvalue weighted by molar-refractivity contribution is 5.95. The summed E-state index contributed by atoms with van der Waals surface area (Å²) in [5, 5.41) is 15.9. The lowest BCUT2D eigenvalue weighted by atomic mass is 10.1. The quantitative estimate of drug-likeness (QED) is 0.446. The molecule has 1 saturated heterocycles. The summed E-state index contributed by atoms with van der Waals surface area (Å²) in [5.74, 6) is 0.649. The molecule has 1 aliphatic rings. The minimum atomic E-state index is -0.850. The molecule has 7 nitrogen and oxygen atoms in total. The molecule has 1 atom stereocenters. The number of aliphatic hydroxyl groups excluding tert-OH is 1. The maximum atomic E-state index is 12.9. The number of nitrogens with zero attached hydrogens (tertiary/aromatic N) is 4. The number of hydrogen-bond donors (Lipinski definition) is 1. The van der Waals surface area contributed by atoms with E-state index in [-0.39, 0.29) is 19.0 Å². The topological polar surface area (TPSA) is 70.8 Å². The molecule has 1 N–H and O–H groups in total. The Morgan fingerprint density at radius 3 is 2.31 bits per heavy atom. The summed E-state index contributed by atoms with van der Waals surface area (Å²) < 4.78 is 7.12. The number of benzene rings is 3. The molecule has 0 saturated carbocycles. The molecule has 3 aromatic carbocycles. The normalized spacial score (nSPS) is 15.3. The summed E-state index contributed by atoms with van der Waals surface area (Å²) >= 11 is 0. The Kier molecular flexibility index (Phi) is 6.61. The van der Waals surface area contributed by atoms with Crippen LogP contribution in [0, 0.1) is 0 Å². The largest absolute Gasteiger partial charge is 0.497 e. The average Bonchev–Trinajstić information content (AvgIpc) is 3.33. The van der Waals surface area contributed by atoms with E-state index in [1.165, 1.54) is 0 Å². The first-order chi connectivity index (χ1) is 17.1. The van der Waals surface area contributed by atoms with E-state index in [4.69, 9.17) is 9.84 Å². The molecule has 1 amide bonds. The molecule has 0 radical (unpaired) electrons. The van der Waals surface area contributed by atoms with Crippen molar-refractivity contribution in [1.29, 1.82) is 0 Å². The first kappa shape index (κ1) is 22.8. The number of carbonyl (C=O) groups excluding carboxylic acids is 1. The summed E-state index contributed by atoms with van der Waals surface area (Å²) in [6, 6.07) is 29.5. The van der Waals surface area contributed by atoms with Gasteiger partial charge in [-0.1, -0.05) is 66.7 Å². The van der Waals surface area contributed by atoms with E-state index in [9.17, 15) is 9.90 Å². The van der Waals surface area contributed by atoms with Gasteiger partial charge in [-0.05, 0) is 23.8 Å². The molecule has 7 heteroatoms. The number of hydrogen-bond acceptors (Lipinski definition) is 5. The molecule has 0 spiro atoms. The molecule has 1 unspecified atom stereocenters. The van der Waals surface area contributed by atoms with Crippen molar-refractivity contribution in [3.8, 4) is 28.3 Å². The maximum Gasteiger partial charge on any atom is 0.241 e. The summed E-state index contributed by atoms with van der Waals surface area (Å²) in [4.78, 5) is 16.5. The summed E-state index contributed by atoms with van der Waals surface area (Å²) in [6.45, 7) is 1.43. The fourth-order valence-electron chi connectivity index (χ4n) is 4.41. The van der Waals surface area contributed by atoms with Crippen LogP contribution in [0.15, 0.2) is 91.0 Å². The zero-order valence-corrected chi connectivity index (χ0v) is 19.6. The Bertz CT molecular complexity index is 1290. The van der Waals surface area contributed by atoms with Gasteiger partial charge in [0.05, 0.1) is 31.6 Å². The summed E-state index contributed by atoms with van der Waals surface area (Å²) in [5.41, 5.74) is 4.60. The van der Waals surface area contributed by atoms with Gasteiger partial charge < -0.3 is 14.7 Å². The smallest absolute Gasteiger partial charge is 0.241 e. The number of rotatable bonds is 7. The number of aromatic nitrogens is 2. The van der Waals surface area contributed by atoms with Gasteiger partial charge in [0, 0.05) is 30.4 Å². The number of amides is 1. The third-order valence-electron chi connectivity index (χ3n) is 6.29. The van der Waals surface area contributed by atoms with Gasteiger partial charge in [0.1, 0.15) is 12.0 Å². The molecule has 35 heavy (non-hydrogen) atoms. The number of anilines is 1. The van der Waals surface area contributed by atoms with Gasteiger partial charge in [0.25, 0.3) is 0 Å². The minimum Gasteiger partial charge on any atom is -0.497 e. The molecule has 1 fully saturated rings. The summed E-state index contributed by atoms with van der Waals surface area (Å²) in [7, 11) is 1.61. The lowest BCUT2D eigenvalue weighted by molar-refractivity contribution is -0.125. The number of ether oxygens (including phenoxy) is 1. The van der Waals surface area contributed by atoms with Crippen LogP contribution in [-0.4, -0.2) is 58.7 Å². The third kappa shape index (κ3) is 4.96. The van der Waals surface area contributed by atoms with Gasteiger partial charge in [0.15, 0.2) is 0 Å². The van der Waals surface area contributed by atoms with Crippen molar-refractivity contribution in [2.45, 2.75) is 12.8 Å². The average molecular weight is 469 g/mol. The Morgan fingerprint density at radius 1 is 0.914 bits per heavy atom. The molecule has 2 heterocycles. The fraction of sp³-hybridized carbons (Fsp3) is 0.214. The molecule has 178 valence electrons. The number of piperazine rings is 1. The van der Waals surface area contributed by atoms with Gasteiger partial charge in [-0.25, -0.2) is 0 Å². The van der Waals surface area contributed by atoms with Crippen LogP contribution in [0.3, 0.4) is 0 Å². The van der Waals surface area contributed by atoms with Crippen LogP contribution in [0.25, 0.3) is 22.5 Å². The highest BCUT2D eigenvalue weighted by atomic mass is 16.5. The van der Waals surface area contributed by atoms with E-state index in [1.807, 2.05) is 95.7 Å². The van der Waals surface area contributed by atoms with Gasteiger partial charge >= 0.3 is 0 Å². The van der Waals surface area contributed by atoms with Crippen LogP contribution < -0.4 is 9.64 Å². The van der Waals surface area contributed by atoms with Crippen LogP contribution in [0.4, 0.5) is 5.69 Å². The van der Waals surface area contributed by atoms with Crippen LogP contribution in [0.2, 0.25) is 0 Å². The van der Waals surface area contributed by atoms with Crippen molar-refractivity contribution in [3.05, 3.63) is 91.0 Å². The minimum absolute atomic E-state index is 0.0581. The number of aliphatic hydroxyl groups is 1. The lowest BCUT2D eigenvalue weighted by Gasteiger charge is -2.36. The second-order valence-corrected chi connectivity index (χ2v) is 8.53. The standard InChI is InChI=1S/C28H28N4O3/c1-35-24-14-8-13-23(17-24)31-16-15-30(19-28(31)34)27(33)20-32-26(22-11-6-3-7-12-22)18-25(29-32)21-9-4-2-5-10-21/h2-14,17-18,27,33H,15-16,19-20H2,1H3. The lowest BCUT2D eigenvalue weighted by Crippen LogP contribution is -2.54. The van der Waals surface area contributed by atoms with Crippen molar-refractivity contribution in [3.63, 3.8) is 0 Å². The molecule has 5 rings (SSSR count). The van der Waals surface area contributed by atoms with Crippen LogP contribution in [0.1, 0.15) is 0 Å². The SMILES string of the molecule is COc1cccc(N2CCN(C(O)Cn3nc(-c4ccccc4)cc3-c3ccccc3)CC2=O)c1. The predicted octanol–water partition coefficient (Wildman–Crippen LogP) is 3.89. The van der Waals surface area contributed by atoms with Crippen LogP contribution in [0.5, 0.6) is 5.75 Å². The molecule has 1 aromatic heterocycles. The van der Waals surface area contributed by atoms with E-state index in [1.54, 1.807) is 16.9 Å². The van der Waals surface area contributed by atoms with E-state index in [0.717, 1.165) is 28.2 Å². The molecule has 0 bridgehead atoms. The molecular formula is C28H28N4O3. The van der Waals surface area contributed by atoms with E-state index in [2.05, 4.69) is 0 Å². The number of methoxy groups -OCH3 is 1. The van der Waals surface area contributed by atoms with Gasteiger partial charge in [-0.15, -0.1) is 0 Å². The monoisotopic (exact) mass is 468 g/mol. The predicted molar refractivity (Wildman–Crippen MR) is 136 cm³/mol. The van der Waals surface area contributed by atoms with Crippen LogP contribution >= 0.6 is 0 Å². The Labute approximate surface area is 204 Å². The highest BCUT2D eigenvalue weighted by Crippen LogP contribution is 2.27. The second kappa shape index (κ2) is 10.1. The van der Waals surface area contributed by atoms with Crippen molar-refractivity contribution in [2.24, 2.45) is 0 Å².